The number of hydrogen-bond acceptors (Lipinski definition) is 11. The van der Waals surface area contributed by atoms with Crippen LogP contribution in [0.3, 0.4) is 0 Å². The number of pyridine rings is 2. The molecule has 0 bridgehead atoms. The molecule has 0 fully saturated rings. The first-order chi connectivity index (χ1) is 26.5. The quantitative estimate of drug-likeness (QED) is 0.0565. The van der Waals surface area contributed by atoms with Crippen LogP contribution in [0.1, 0.15) is 52.2 Å². The number of carbonyl (C=O) groups is 4. The van der Waals surface area contributed by atoms with Gasteiger partial charge in [0.1, 0.15) is 5.82 Å². The first-order valence-corrected chi connectivity index (χ1v) is 17.9. The van der Waals surface area contributed by atoms with Crippen LogP contribution in [0.25, 0.3) is 10.9 Å². The number of para-hydroxylation sites is 2. The topological polar surface area (TPSA) is 201 Å². The first-order valence-electron chi connectivity index (χ1n) is 17.9. The average Bonchev–Trinajstić information content (AvgIpc) is 3.19. The van der Waals surface area contributed by atoms with Gasteiger partial charge in [0.05, 0.1) is 59.7 Å². The SMILES string of the molecule is COC(=O)c1cccc(C(=O)NN(C[C@@H](O)[C@H](Cc2ccccc2)NC(=O)[C@H](CC(N)=O)NCc2ccc3ccccc3n2)C(C)C)c1Nc1ccccn1. The fraction of sp³-hybridized carbons (Fsp3) is 0.268. The van der Waals surface area contributed by atoms with Crippen LogP contribution < -0.4 is 27.1 Å². The molecule has 0 unspecified atom stereocenters. The van der Waals surface area contributed by atoms with E-state index in [9.17, 15) is 24.3 Å². The maximum Gasteiger partial charge on any atom is 0.340 e. The van der Waals surface area contributed by atoms with E-state index in [0.29, 0.717) is 11.5 Å². The molecule has 2 heterocycles. The van der Waals surface area contributed by atoms with Crippen molar-refractivity contribution in [2.45, 2.75) is 57.5 Å². The molecule has 0 aliphatic carbocycles. The molecule has 3 aromatic carbocycles. The van der Waals surface area contributed by atoms with Gasteiger partial charge in [-0.15, -0.1) is 0 Å². The van der Waals surface area contributed by atoms with Gasteiger partial charge in [0.15, 0.2) is 0 Å². The summed E-state index contributed by atoms with van der Waals surface area (Å²) in [6.45, 7) is 3.76. The molecular weight excluding hydrogens is 701 g/mol. The third-order valence-corrected chi connectivity index (χ3v) is 8.88. The molecular formula is C41H46N8O6. The molecule has 3 amide bonds. The van der Waals surface area contributed by atoms with E-state index in [4.69, 9.17) is 10.5 Å². The van der Waals surface area contributed by atoms with Crippen LogP contribution in [0.5, 0.6) is 0 Å². The van der Waals surface area contributed by atoms with Crippen molar-refractivity contribution < 1.29 is 29.0 Å². The highest BCUT2D eigenvalue weighted by Gasteiger charge is 2.30. The van der Waals surface area contributed by atoms with Crippen LogP contribution in [0, 0.1) is 0 Å². The van der Waals surface area contributed by atoms with Crippen molar-refractivity contribution in [2.75, 3.05) is 19.0 Å². The first kappa shape index (κ1) is 40.0. The number of anilines is 2. The number of nitrogens with one attached hydrogen (secondary N) is 4. The van der Waals surface area contributed by atoms with Crippen LogP contribution >= 0.6 is 0 Å². The van der Waals surface area contributed by atoms with Crippen molar-refractivity contribution in [3.8, 4) is 0 Å². The molecule has 0 saturated carbocycles. The average molecular weight is 747 g/mol. The molecule has 286 valence electrons. The summed E-state index contributed by atoms with van der Waals surface area (Å²) >= 11 is 0. The molecule has 7 N–H and O–H groups in total. The summed E-state index contributed by atoms with van der Waals surface area (Å²) in [6, 6.07) is 28.4. The van der Waals surface area contributed by atoms with Gasteiger partial charge >= 0.3 is 5.97 Å². The number of aliphatic hydroxyl groups is 1. The second-order valence-corrected chi connectivity index (χ2v) is 13.2. The van der Waals surface area contributed by atoms with E-state index in [1.807, 2.05) is 80.6 Å². The minimum atomic E-state index is -1.21. The number of nitrogens with two attached hydrogens (primary N) is 1. The van der Waals surface area contributed by atoms with Gasteiger partial charge in [0.25, 0.3) is 5.91 Å². The van der Waals surface area contributed by atoms with E-state index < -0.39 is 41.9 Å². The number of aliphatic hydroxyl groups excluding tert-OH is 1. The highest BCUT2D eigenvalue weighted by Crippen LogP contribution is 2.26. The van der Waals surface area contributed by atoms with Crippen LogP contribution in [-0.4, -0.2) is 81.7 Å². The molecule has 0 aliphatic heterocycles. The lowest BCUT2D eigenvalue weighted by molar-refractivity contribution is -0.128. The Morgan fingerprint density at radius 3 is 2.31 bits per heavy atom. The normalized spacial score (nSPS) is 12.8. The van der Waals surface area contributed by atoms with E-state index in [1.165, 1.54) is 13.2 Å². The van der Waals surface area contributed by atoms with Crippen molar-refractivity contribution >= 4 is 46.1 Å². The smallest absolute Gasteiger partial charge is 0.340 e. The van der Waals surface area contributed by atoms with E-state index in [2.05, 4.69) is 31.3 Å². The van der Waals surface area contributed by atoms with E-state index in [1.54, 1.807) is 41.5 Å². The number of hydrazine groups is 1. The predicted octanol–water partition coefficient (Wildman–Crippen LogP) is 3.64. The summed E-state index contributed by atoms with van der Waals surface area (Å²) < 4.78 is 4.98. The number of rotatable bonds is 18. The van der Waals surface area contributed by atoms with Crippen LogP contribution in [-0.2, 0) is 27.3 Å². The van der Waals surface area contributed by atoms with Gasteiger partial charge in [-0.2, -0.15) is 0 Å². The number of aromatic nitrogens is 2. The van der Waals surface area contributed by atoms with Gasteiger partial charge in [0, 0.05) is 30.7 Å². The molecule has 0 saturated heterocycles. The van der Waals surface area contributed by atoms with Crippen LogP contribution in [0.2, 0.25) is 0 Å². The van der Waals surface area contributed by atoms with Crippen molar-refractivity contribution in [3.63, 3.8) is 0 Å². The molecule has 5 rings (SSSR count). The Labute approximate surface area is 319 Å². The zero-order valence-corrected chi connectivity index (χ0v) is 30.9. The minimum Gasteiger partial charge on any atom is -0.465 e. The van der Waals surface area contributed by atoms with Crippen molar-refractivity contribution in [3.05, 3.63) is 132 Å². The van der Waals surface area contributed by atoms with Crippen LogP contribution in [0.15, 0.2) is 109 Å². The molecule has 0 spiro atoms. The van der Waals surface area contributed by atoms with Crippen molar-refractivity contribution in [1.82, 2.24) is 31.0 Å². The number of esters is 1. The summed E-state index contributed by atoms with van der Waals surface area (Å²) in [5, 5.41) is 23.4. The van der Waals surface area contributed by atoms with Gasteiger partial charge in [-0.3, -0.25) is 30.1 Å². The molecule has 14 heteroatoms. The molecule has 2 aromatic heterocycles. The number of primary amides is 1. The predicted molar refractivity (Wildman–Crippen MR) is 209 cm³/mol. The number of hydrogen-bond donors (Lipinski definition) is 6. The van der Waals surface area contributed by atoms with Gasteiger partial charge in [0.2, 0.25) is 11.8 Å². The highest BCUT2D eigenvalue weighted by atomic mass is 16.5. The monoisotopic (exact) mass is 746 g/mol. The number of ether oxygens (including phenoxy) is 1. The molecule has 0 aliphatic rings. The van der Waals surface area contributed by atoms with Crippen LogP contribution in [0.4, 0.5) is 11.5 Å². The Morgan fingerprint density at radius 2 is 1.60 bits per heavy atom. The van der Waals surface area contributed by atoms with E-state index in [-0.39, 0.29) is 48.8 Å². The fourth-order valence-electron chi connectivity index (χ4n) is 5.95. The lowest BCUT2D eigenvalue weighted by Crippen LogP contribution is -2.57. The Bertz CT molecular complexity index is 2080. The van der Waals surface area contributed by atoms with Gasteiger partial charge in [-0.05, 0) is 62.2 Å². The standard InChI is InChI=1S/C41H46N8O6/c1-26(2)49(48-39(52)30-15-11-16-31(41(54)55-3)38(30)47-37-18-9-10-21-43-37)25-35(50)33(22-27-12-5-4-6-13-27)46-40(53)34(23-36(42)51)44-24-29-20-19-28-14-7-8-17-32(28)45-29/h4-21,26,33-35,44,50H,22-25H2,1-3H3,(H2,42,51)(H,43,47)(H,46,53)(H,48,52)/t33-,34-,35+/m0/s1. The minimum absolute atomic E-state index is 0.101. The van der Waals surface area contributed by atoms with Crippen molar-refractivity contribution in [1.29, 1.82) is 0 Å². The highest BCUT2D eigenvalue weighted by molar-refractivity contribution is 6.07. The zero-order chi connectivity index (χ0) is 39.3. The summed E-state index contributed by atoms with van der Waals surface area (Å²) in [4.78, 5) is 61.5. The Kier molecular flexibility index (Phi) is 14.0. The molecule has 3 atom stereocenters. The second-order valence-electron chi connectivity index (χ2n) is 13.2. The van der Waals surface area contributed by atoms with Crippen molar-refractivity contribution in [2.24, 2.45) is 5.73 Å². The maximum absolute atomic E-state index is 13.9. The third kappa shape index (κ3) is 11.1. The number of nitrogens with zero attached hydrogens (tertiary/aromatic N) is 3. The number of methoxy groups -OCH3 is 1. The fourth-order valence-corrected chi connectivity index (χ4v) is 5.95. The Morgan fingerprint density at radius 1 is 0.873 bits per heavy atom. The van der Waals surface area contributed by atoms with E-state index in [0.717, 1.165) is 16.5 Å². The number of fused-ring (bicyclic) bond motifs is 1. The molecule has 5 aromatic rings. The van der Waals surface area contributed by atoms with Gasteiger partial charge in [-0.25, -0.2) is 14.8 Å². The molecule has 55 heavy (non-hydrogen) atoms. The summed E-state index contributed by atoms with van der Waals surface area (Å²) in [5.41, 5.74) is 11.2. The van der Waals surface area contributed by atoms with Gasteiger partial charge in [-0.1, -0.05) is 66.7 Å². The summed E-state index contributed by atoms with van der Waals surface area (Å²) in [6.07, 6.45) is 0.309. The largest absolute Gasteiger partial charge is 0.465 e. The second kappa shape index (κ2) is 19.2. The summed E-state index contributed by atoms with van der Waals surface area (Å²) in [7, 11) is 1.25. The number of carbonyl (C=O) groups excluding carboxylic acids is 4. The van der Waals surface area contributed by atoms with Gasteiger partial charge < -0.3 is 26.2 Å². The number of benzene rings is 3. The Hall–Kier alpha value is -6.22. The lowest BCUT2D eigenvalue weighted by atomic mass is 9.99. The lowest BCUT2D eigenvalue weighted by Gasteiger charge is -2.33. The number of amides is 3. The molecule has 14 nitrogen and oxygen atoms in total. The third-order valence-electron chi connectivity index (χ3n) is 8.88. The summed E-state index contributed by atoms with van der Waals surface area (Å²) in [5.74, 6) is -2.03. The van der Waals surface area contributed by atoms with E-state index >= 15 is 0 Å². The Balaban J connectivity index is 1.35. The zero-order valence-electron chi connectivity index (χ0n) is 30.9. The molecule has 0 radical (unpaired) electrons. The maximum atomic E-state index is 13.9.